The molecular formula is C23H27F2NO4S. The number of alkyl halides is 2. The minimum atomic E-state index is -4.36. The molecule has 0 saturated carbocycles. The SMILES string of the molecule is COc1cc2c(cc1OC)S(=O)(=O)C(F)(CC1(F)CCN(Cc3ccccc3)CC1)C2. The molecule has 2 aliphatic rings. The van der Waals surface area contributed by atoms with Gasteiger partial charge in [-0.25, -0.2) is 17.2 Å². The van der Waals surface area contributed by atoms with Crippen LogP contribution in [0.3, 0.4) is 0 Å². The number of benzene rings is 2. The van der Waals surface area contributed by atoms with Crippen LogP contribution in [0.25, 0.3) is 0 Å². The van der Waals surface area contributed by atoms with Crippen molar-refractivity contribution in [2.24, 2.45) is 0 Å². The molecule has 5 nitrogen and oxygen atoms in total. The zero-order valence-corrected chi connectivity index (χ0v) is 18.6. The van der Waals surface area contributed by atoms with E-state index in [2.05, 4.69) is 4.90 Å². The second-order valence-electron chi connectivity index (χ2n) is 8.47. The van der Waals surface area contributed by atoms with Crippen LogP contribution in [0.4, 0.5) is 8.78 Å². The minimum absolute atomic E-state index is 0.101. The van der Waals surface area contributed by atoms with Gasteiger partial charge in [0.2, 0.25) is 14.8 Å². The van der Waals surface area contributed by atoms with E-state index in [9.17, 15) is 8.42 Å². The zero-order chi connectivity index (χ0) is 22.3. The van der Waals surface area contributed by atoms with Crippen molar-refractivity contribution in [1.82, 2.24) is 4.90 Å². The first-order valence-electron chi connectivity index (χ1n) is 10.3. The second kappa shape index (κ2) is 8.06. The topological polar surface area (TPSA) is 55.8 Å². The smallest absolute Gasteiger partial charge is 0.222 e. The van der Waals surface area contributed by atoms with Gasteiger partial charge in [-0.1, -0.05) is 30.3 Å². The molecule has 0 aliphatic carbocycles. The Morgan fingerprint density at radius 1 is 1.00 bits per heavy atom. The molecule has 2 aromatic rings. The third kappa shape index (κ3) is 4.03. The first kappa shape index (κ1) is 22.0. The summed E-state index contributed by atoms with van der Waals surface area (Å²) >= 11 is 0. The molecule has 31 heavy (non-hydrogen) atoms. The average molecular weight is 452 g/mol. The molecule has 4 rings (SSSR count). The largest absolute Gasteiger partial charge is 0.493 e. The number of nitrogens with zero attached hydrogens (tertiary/aromatic N) is 1. The lowest BCUT2D eigenvalue weighted by Crippen LogP contribution is -2.47. The van der Waals surface area contributed by atoms with Crippen LogP contribution in [-0.2, 0) is 22.8 Å². The molecule has 1 unspecified atom stereocenters. The van der Waals surface area contributed by atoms with Gasteiger partial charge in [0.05, 0.1) is 19.1 Å². The summed E-state index contributed by atoms with van der Waals surface area (Å²) in [6.07, 6.45) is -0.848. The van der Waals surface area contributed by atoms with Crippen LogP contribution in [0, 0.1) is 0 Å². The lowest BCUT2D eigenvalue weighted by Gasteiger charge is -2.38. The Morgan fingerprint density at radius 3 is 2.23 bits per heavy atom. The van der Waals surface area contributed by atoms with Crippen LogP contribution in [0.1, 0.15) is 30.4 Å². The zero-order valence-electron chi connectivity index (χ0n) is 17.7. The van der Waals surface area contributed by atoms with Crippen LogP contribution in [-0.4, -0.2) is 51.3 Å². The quantitative estimate of drug-likeness (QED) is 0.662. The molecule has 0 spiro atoms. The van der Waals surface area contributed by atoms with Gasteiger partial charge in [0, 0.05) is 38.5 Å². The van der Waals surface area contributed by atoms with Crippen LogP contribution in [0.5, 0.6) is 11.5 Å². The van der Waals surface area contributed by atoms with Crippen LogP contribution >= 0.6 is 0 Å². The maximum absolute atomic E-state index is 15.9. The number of likely N-dealkylation sites (tertiary alicyclic amines) is 1. The summed E-state index contributed by atoms with van der Waals surface area (Å²) < 4.78 is 68.0. The second-order valence-corrected chi connectivity index (χ2v) is 10.6. The molecule has 1 fully saturated rings. The molecular weight excluding hydrogens is 424 g/mol. The predicted octanol–water partition coefficient (Wildman–Crippen LogP) is 4.09. The Kier molecular flexibility index (Phi) is 5.72. The van der Waals surface area contributed by atoms with E-state index in [1.54, 1.807) is 0 Å². The van der Waals surface area contributed by atoms with E-state index >= 15 is 8.78 Å². The standard InChI is InChI=1S/C23H27F2NO4S/c1-29-19-12-18-14-23(25,31(27,28)21(18)13-20(19)30-2)16-22(24)8-10-26(11-9-22)15-17-6-4-3-5-7-17/h3-7,12-13H,8-11,14-16H2,1-2H3. The number of methoxy groups -OCH3 is 2. The Morgan fingerprint density at radius 2 is 1.61 bits per heavy atom. The number of hydrogen-bond acceptors (Lipinski definition) is 5. The van der Waals surface area contributed by atoms with Gasteiger partial charge in [-0.3, -0.25) is 4.90 Å². The maximum atomic E-state index is 15.9. The summed E-state index contributed by atoms with van der Waals surface area (Å²) in [7, 11) is -1.55. The highest BCUT2D eigenvalue weighted by Crippen LogP contribution is 2.50. The van der Waals surface area contributed by atoms with Crippen LogP contribution in [0.2, 0.25) is 0 Å². The number of halogens is 2. The summed E-state index contributed by atoms with van der Waals surface area (Å²) in [6, 6.07) is 12.6. The Labute approximate surface area is 181 Å². The van der Waals surface area contributed by atoms with Crippen molar-refractivity contribution >= 4 is 9.84 Å². The Balaban J connectivity index is 1.50. The minimum Gasteiger partial charge on any atom is -0.493 e. The van der Waals surface area contributed by atoms with E-state index in [4.69, 9.17) is 9.47 Å². The summed E-state index contributed by atoms with van der Waals surface area (Å²) in [6.45, 7) is 1.60. The van der Waals surface area contributed by atoms with E-state index in [0.29, 0.717) is 30.9 Å². The molecule has 0 aromatic heterocycles. The van der Waals surface area contributed by atoms with E-state index in [1.807, 2.05) is 30.3 Å². The van der Waals surface area contributed by atoms with Crippen molar-refractivity contribution in [3.8, 4) is 11.5 Å². The van der Waals surface area contributed by atoms with Crippen molar-refractivity contribution in [2.45, 2.75) is 47.8 Å². The van der Waals surface area contributed by atoms with Crippen molar-refractivity contribution < 1.29 is 26.7 Å². The van der Waals surface area contributed by atoms with Crippen molar-refractivity contribution in [1.29, 1.82) is 0 Å². The molecule has 2 aliphatic heterocycles. The Bertz CT molecular complexity index is 1050. The van der Waals surface area contributed by atoms with E-state index in [-0.39, 0.29) is 29.9 Å². The van der Waals surface area contributed by atoms with Crippen molar-refractivity contribution in [3.63, 3.8) is 0 Å². The van der Waals surface area contributed by atoms with Crippen molar-refractivity contribution in [3.05, 3.63) is 53.6 Å². The van der Waals surface area contributed by atoms with Gasteiger partial charge in [0.1, 0.15) is 5.67 Å². The number of ether oxygens (including phenoxy) is 2. The molecule has 8 heteroatoms. The molecule has 0 bridgehead atoms. The molecule has 2 aromatic carbocycles. The van der Waals surface area contributed by atoms with Crippen LogP contribution in [0.15, 0.2) is 47.4 Å². The molecule has 0 radical (unpaired) electrons. The fourth-order valence-corrected chi connectivity index (χ4v) is 6.55. The van der Waals surface area contributed by atoms with Gasteiger partial charge in [-0.05, 0) is 30.0 Å². The number of fused-ring (bicyclic) bond motifs is 1. The number of hydrogen-bond donors (Lipinski definition) is 0. The van der Waals surface area contributed by atoms with Crippen molar-refractivity contribution in [2.75, 3.05) is 27.3 Å². The summed E-state index contributed by atoms with van der Waals surface area (Å²) in [5.74, 6) is 0.531. The van der Waals surface area contributed by atoms with Gasteiger partial charge in [-0.2, -0.15) is 0 Å². The van der Waals surface area contributed by atoms with Crippen LogP contribution < -0.4 is 9.47 Å². The lowest BCUT2D eigenvalue weighted by atomic mass is 9.86. The van der Waals surface area contributed by atoms with Gasteiger partial charge < -0.3 is 9.47 Å². The van der Waals surface area contributed by atoms with E-state index in [1.165, 1.54) is 26.4 Å². The van der Waals surface area contributed by atoms with Gasteiger partial charge >= 0.3 is 0 Å². The Hall–Kier alpha value is -2.19. The first-order chi connectivity index (χ1) is 14.7. The highest BCUT2D eigenvalue weighted by molar-refractivity contribution is 7.93. The van der Waals surface area contributed by atoms with Gasteiger partial charge in [0.25, 0.3) is 0 Å². The summed E-state index contributed by atoms with van der Waals surface area (Å²) in [4.78, 5) is 1.98. The number of rotatable bonds is 6. The molecule has 1 atom stereocenters. The number of sulfone groups is 1. The average Bonchev–Trinajstić information content (AvgIpc) is 2.93. The normalized spacial score (nSPS) is 24.5. The fraction of sp³-hybridized carbons (Fsp3) is 0.478. The molecule has 2 heterocycles. The molecule has 1 saturated heterocycles. The fourth-order valence-electron chi connectivity index (χ4n) is 4.63. The maximum Gasteiger partial charge on any atom is 0.222 e. The summed E-state index contributed by atoms with van der Waals surface area (Å²) in [5.41, 5.74) is -0.441. The first-order valence-corrected chi connectivity index (χ1v) is 11.8. The van der Waals surface area contributed by atoms with E-state index < -0.39 is 26.9 Å². The highest BCUT2D eigenvalue weighted by atomic mass is 32.2. The predicted molar refractivity (Wildman–Crippen MR) is 114 cm³/mol. The third-order valence-corrected chi connectivity index (χ3v) is 8.59. The van der Waals surface area contributed by atoms with Gasteiger partial charge in [0.15, 0.2) is 11.5 Å². The number of piperidine rings is 1. The summed E-state index contributed by atoms with van der Waals surface area (Å²) in [5, 5.41) is -2.68. The molecule has 0 N–H and O–H groups in total. The molecule has 0 amide bonds. The highest BCUT2D eigenvalue weighted by Gasteiger charge is 2.57. The van der Waals surface area contributed by atoms with E-state index in [0.717, 1.165) is 5.56 Å². The molecule has 168 valence electrons. The third-order valence-electron chi connectivity index (χ3n) is 6.37. The van der Waals surface area contributed by atoms with Gasteiger partial charge in [-0.15, -0.1) is 0 Å². The lowest BCUT2D eigenvalue weighted by molar-refractivity contribution is 0.0191. The monoisotopic (exact) mass is 451 g/mol.